The molecule has 0 aliphatic carbocycles. The van der Waals surface area contributed by atoms with Gasteiger partial charge in [-0.15, -0.1) is 0 Å². The molecule has 2 rings (SSSR count). The Morgan fingerprint density at radius 1 is 1.13 bits per heavy atom. The molecule has 0 aliphatic heterocycles. The van der Waals surface area contributed by atoms with E-state index in [2.05, 4.69) is 10.3 Å². The van der Waals surface area contributed by atoms with Crippen LogP contribution in [0.2, 0.25) is 0 Å². The Kier molecular flexibility index (Phi) is 7.91. The Bertz CT molecular complexity index is 946. The van der Waals surface area contributed by atoms with Crippen LogP contribution in [0.1, 0.15) is 66.8 Å². The van der Waals surface area contributed by atoms with E-state index in [-0.39, 0.29) is 35.3 Å². The highest BCUT2D eigenvalue weighted by molar-refractivity contribution is 6.05. The third-order valence-electron chi connectivity index (χ3n) is 4.92. The molecular weight excluding hydrogens is 394 g/mol. The third kappa shape index (κ3) is 6.64. The Morgan fingerprint density at radius 3 is 2.32 bits per heavy atom. The van der Waals surface area contributed by atoms with Crippen LogP contribution in [0.15, 0.2) is 36.5 Å². The zero-order chi connectivity index (χ0) is 23.2. The SMILES string of the molecule is CCCCN(CC(=O)C(C)(C)C)c1ncc(NC(=O)c2ccc(C)cc2)cc1C(=O)O. The number of benzene rings is 1. The number of Topliss-reactive ketones (excluding diaryl/α,β-unsaturated/α-hetero) is 1. The number of aryl methyl sites for hydroxylation is 1. The van der Waals surface area contributed by atoms with E-state index in [0.717, 1.165) is 18.4 Å². The molecular formula is C24H31N3O4. The normalized spacial score (nSPS) is 11.1. The second-order valence-corrected chi connectivity index (χ2v) is 8.67. The molecule has 2 aromatic rings. The number of hydrogen-bond donors (Lipinski definition) is 2. The number of ketones is 1. The number of aromatic nitrogens is 1. The highest BCUT2D eigenvalue weighted by Crippen LogP contribution is 2.24. The zero-order valence-corrected chi connectivity index (χ0v) is 18.9. The summed E-state index contributed by atoms with van der Waals surface area (Å²) in [5.74, 6) is -1.29. The van der Waals surface area contributed by atoms with Crippen molar-refractivity contribution in [3.8, 4) is 0 Å². The first kappa shape index (κ1) is 24.1. The van der Waals surface area contributed by atoms with Crippen LogP contribution < -0.4 is 10.2 Å². The molecule has 1 aromatic heterocycles. The van der Waals surface area contributed by atoms with Gasteiger partial charge < -0.3 is 15.3 Å². The first-order chi connectivity index (χ1) is 14.5. The van der Waals surface area contributed by atoms with Gasteiger partial charge in [0, 0.05) is 17.5 Å². The molecule has 0 atom stereocenters. The fraction of sp³-hybridized carbons (Fsp3) is 0.417. The minimum atomic E-state index is -1.17. The summed E-state index contributed by atoms with van der Waals surface area (Å²) in [5.41, 5.74) is 1.18. The van der Waals surface area contributed by atoms with Gasteiger partial charge in [-0.05, 0) is 31.5 Å². The molecule has 0 saturated carbocycles. The van der Waals surface area contributed by atoms with Gasteiger partial charge in [0.15, 0.2) is 5.78 Å². The summed E-state index contributed by atoms with van der Waals surface area (Å²) >= 11 is 0. The van der Waals surface area contributed by atoms with Gasteiger partial charge >= 0.3 is 5.97 Å². The molecule has 0 unspecified atom stereocenters. The molecule has 7 heteroatoms. The van der Waals surface area contributed by atoms with Crippen molar-refractivity contribution in [3.63, 3.8) is 0 Å². The smallest absolute Gasteiger partial charge is 0.339 e. The van der Waals surface area contributed by atoms with Crippen molar-refractivity contribution in [2.24, 2.45) is 5.41 Å². The summed E-state index contributed by atoms with van der Waals surface area (Å²) in [7, 11) is 0. The number of nitrogens with zero attached hydrogens (tertiary/aromatic N) is 2. The van der Waals surface area contributed by atoms with Gasteiger partial charge in [-0.1, -0.05) is 51.8 Å². The Hall–Kier alpha value is -3.22. The second-order valence-electron chi connectivity index (χ2n) is 8.67. The molecule has 0 fully saturated rings. The lowest BCUT2D eigenvalue weighted by atomic mass is 9.90. The van der Waals surface area contributed by atoms with E-state index in [1.165, 1.54) is 12.3 Å². The Balaban J connectivity index is 2.33. The minimum Gasteiger partial charge on any atom is -0.478 e. The van der Waals surface area contributed by atoms with Crippen molar-refractivity contribution in [2.75, 3.05) is 23.3 Å². The summed E-state index contributed by atoms with van der Waals surface area (Å²) in [6.07, 6.45) is 3.12. The van der Waals surface area contributed by atoms with E-state index in [9.17, 15) is 19.5 Å². The van der Waals surface area contributed by atoms with Crippen LogP contribution in [0, 0.1) is 12.3 Å². The van der Waals surface area contributed by atoms with Gasteiger partial charge in [0.2, 0.25) is 0 Å². The summed E-state index contributed by atoms with van der Waals surface area (Å²) in [4.78, 5) is 43.1. The van der Waals surface area contributed by atoms with Crippen LogP contribution in [-0.4, -0.2) is 40.8 Å². The Morgan fingerprint density at radius 2 is 1.77 bits per heavy atom. The number of nitrogens with one attached hydrogen (secondary N) is 1. The molecule has 1 aromatic carbocycles. The maximum absolute atomic E-state index is 12.6. The molecule has 0 spiro atoms. The number of carbonyl (C=O) groups excluding carboxylic acids is 2. The number of hydrogen-bond acceptors (Lipinski definition) is 5. The lowest BCUT2D eigenvalue weighted by molar-refractivity contribution is -0.124. The molecule has 7 nitrogen and oxygen atoms in total. The highest BCUT2D eigenvalue weighted by Gasteiger charge is 2.26. The van der Waals surface area contributed by atoms with E-state index in [1.54, 1.807) is 17.0 Å². The number of carboxylic acids is 1. The van der Waals surface area contributed by atoms with E-state index in [0.29, 0.717) is 12.1 Å². The van der Waals surface area contributed by atoms with E-state index >= 15 is 0 Å². The van der Waals surface area contributed by atoms with Gasteiger partial charge in [0.05, 0.1) is 18.4 Å². The van der Waals surface area contributed by atoms with Crippen molar-refractivity contribution in [3.05, 3.63) is 53.2 Å². The van der Waals surface area contributed by atoms with Crippen LogP contribution in [0.4, 0.5) is 11.5 Å². The fourth-order valence-electron chi connectivity index (χ4n) is 2.86. The van der Waals surface area contributed by atoms with E-state index < -0.39 is 11.4 Å². The maximum Gasteiger partial charge on any atom is 0.339 e. The fourth-order valence-corrected chi connectivity index (χ4v) is 2.86. The maximum atomic E-state index is 12.6. The number of rotatable bonds is 9. The number of carbonyl (C=O) groups is 3. The summed E-state index contributed by atoms with van der Waals surface area (Å²) in [6, 6.07) is 8.45. The minimum absolute atomic E-state index is 0.00140. The predicted octanol–water partition coefficient (Wildman–Crippen LogP) is 4.56. The highest BCUT2D eigenvalue weighted by atomic mass is 16.4. The largest absolute Gasteiger partial charge is 0.478 e. The molecule has 1 heterocycles. The number of pyridine rings is 1. The second kappa shape index (κ2) is 10.2. The van der Waals surface area contributed by atoms with Crippen molar-refractivity contribution in [1.82, 2.24) is 4.98 Å². The molecule has 0 radical (unpaired) electrons. The summed E-state index contributed by atoms with van der Waals surface area (Å²) in [5, 5.41) is 12.5. The predicted molar refractivity (Wildman–Crippen MR) is 122 cm³/mol. The monoisotopic (exact) mass is 425 g/mol. The number of carboxylic acid groups (broad SMARTS) is 1. The van der Waals surface area contributed by atoms with Gasteiger partial charge in [-0.2, -0.15) is 0 Å². The molecule has 2 N–H and O–H groups in total. The standard InChI is InChI=1S/C24H31N3O4/c1-6-7-12-27(15-20(28)24(3,4)5)21-19(23(30)31)13-18(14-25-21)26-22(29)17-10-8-16(2)9-11-17/h8-11,13-14H,6-7,12,15H2,1-5H3,(H,26,29)(H,30,31). The quantitative estimate of drug-likeness (QED) is 0.611. The topological polar surface area (TPSA) is 99.6 Å². The van der Waals surface area contributed by atoms with Crippen LogP contribution >= 0.6 is 0 Å². The van der Waals surface area contributed by atoms with Crippen LogP contribution in [0.3, 0.4) is 0 Å². The van der Waals surface area contributed by atoms with Gasteiger partial charge in [-0.25, -0.2) is 9.78 Å². The van der Waals surface area contributed by atoms with E-state index in [1.807, 2.05) is 46.8 Å². The molecule has 0 aliphatic rings. The summed E-state index contributed by atoms with van der Waals surface area (Å²) < 4.78 is 0. The number of unbranched alkanes of at least 4 members (excludes halogenated alkanes) is 1. The molecule has 1 amide bonds. The van der Waals surface area contributed by atoms with Crippen LogP contribution in [-0.2, 0) is 4.79 Å². The van der Waals surface area contributed by atoms with Crippen molar-refractivity contribution >= 4 is 29.2 Å². The van der Waals surface area contributed by atoms with Crippen molar-refractivity contribution in [2.45, 2.75) is 47.5 Å². The zero-order valence-electron chi connectivity index (χ0n) is 18.9. The third-order valence-corrected chi connectivity index (χ3v) is 4.92. The van der Waals surface area contributed by atoms with Gasteiger partial charge in [0.25, 0.3) is 5.91 Å². The number of anilines is 2. The number of aromatic carboxylic acids is 1. The van der Waals surface area contributed by atoms with Crippen molar-refractivity contribution in [1.29, 1.82) is 0 Å². The lowest BCUT2D eigenvalue weighted by Crippen LogP contribution is -2.37. The van der Waals surface area contributed by atoms with E-state index in [4.69, 9.17) is 0 Å². The van der Waals surface area contributed by atoms with Crippen molar-refractivity contribution < 1.29 is 19.5 Å². The molecule has 31 heavy (non-hydrogen) atoms. The molecule has 166 valence electrons. The lowest BCUT2D eigenvalue weighted by Gasteiger charge is -2.28. The average Bonchev–Trinajstić information content (AvgIpc) is 2.70. The van der Waals surface area contributed by atoms with Gasteiger partial charge in [0.1, 0.15) is 11.4 Å². The Labute approximate surface area is 183 Å². The van der Waals surface area contributed by atoms with Crippen LogP contribution in [0.5, 0.6) is 0 Å². The van der Waals surface area contributed by atoms with Crippen LogP contribution in [0.25, 0.3) is 0 Å². The average molecular weight is 426 g/mol. The summed E-state index contributed by atoms with van der Waals surface area (Å²) in [6.45, 7) is 10.1. The molecule has 0 saturated heterocycles. The van der Waals surface area contributed by atoms with Gasteiger partial charge in [-0.3, -0.25) is 9.59 Å². The molecule has 0 bridgehead atoms. The number of amides is 1. The first-order valence-corrected chi connectivity index (χ1v) is 10.4. The first-order valence-electron chi connectivity index (χ1n) is 10.4.